The molecule has 1 saturated heterocycles. The zero-order valence-corrected chi connectivity index (χ0v) is 8.39. The number of hydrogen-bond donors (Lipinski definition) is 0. The average Bonchev–Trinajstić information content (AvgIpc) is 2.30. The second kappa shape index (κ2) is 4.22. The molecule has 0 aliphatic carbocycles. The molecule has 1 aliphatic heterocycles. The summed E-state index contributed by atoms with van der Waals surface area (Å²) in [5, 5.41) is 0. The van der Waals surface area contributed by atoms with E-state index in [2.05, 4.69) is 18.7 Å². The van der Waals surface area contributed by atoms with Crippen LogP contribution in [0.25, 0.3) is 0 Å². The second-order valence-electron chi connectivity index (χ2n) is 4.18. The zero-order chi connectivity index (χ0) is 9.14. The molecule has 3 atom stereocenters. The number of alkyl halides is 1. The highest BCUT2D eigenvalue weighted by Gasteiger charge is 2.29. The molecule has 0 N–H and O–H groups in total. The molecule has 0 saturated carbocycles. The van der Waals surface area contributed by atoms with Crippen molar-refractivity contribution < 1.29 is 4.39 Å². The van der Waals surface area contributed by atoms with Crippen LogP contribution in [0.15, 0.2) is 0 Å². The molecule has 1 rings (SSSR count). The molecule has 1 heterocycles. The summed E-state index contributed by atoms with van der Waals surface area (Å²) in [5.41, 5.74) is 0. The van der Waals surface area contributed by atoms with Gasteiger partial charge in [-0.2, -0.15) is 0 Å². The fourth-order valence-electron chi connectivity index (χ4n) is 1.92. The van der Waals surface area contributed by atoms with Crippen LogP contribution in [0.1, 0.15) is 33.1 Å². The molecule has 0 amide bonds. The first-order valence-corrected chi connectivity index (χ1v) is 4.97. The third kappa shape index (κ3) is 2.44. The molecule has 0 aromatic carbocycles. The normalized spacial score (nSPS) is 34.0. The van der Waals surface area contributed by atoms with Crippen LogP contribution in [0, 0.1) is 5.92 Å². The van der Waals surface area contributed by atoms with E-state index in [9.17, 15) is 4.39 Å². The highest BCUT2D eigenvalue weighted by molar-refractivity contribution is 4.83. The molecule has 1 fully saturated rings. The van der Waals surface area contributed by atoms with Gasteiger partial charge in [0.2, 0.25) is 0 Å². The molecule has 1 unspecified atom stereocenters. The Morgan fingerprint density at radius 3 is 2.67 bits per heavy atom. The van der Waals surface area contributed by atoms with Gasteiger partial charge in [0.25, 0.3) is 0 Å². The minimum atomic E-state index is -0.580. The van der Waals surface area contributed by atoms with Crippen molar-refractivity contribution >= 4 is 0 Å². The van der Waals surface area contributed by atoms with Gasteiger partial charge >= 0.3 is 0 Å². The van der Waals surface area contributed by atoms with Gasteiger partial charge in [-0.3, -0.25) is 0 Å². The van der Waals surface area contributed by atoms with E-state index in [1.807, 2.05) is 7.05 Å². The third-order valence-corrected chi connectivity index (χ3v) is 3.01. The molecular formula is C10H20FN. The predicted molar refractivity (Wildman–Crippen MR) is 50.0 cm³/mol. The van der Waals surface area contributed by atoms with Gasteiger partial charge in [0.1, 0.15) is 6.17 Å². The van der Waals surface area contributed by atoms with Gasteiger partial charge in [0, 0.05) is 12.6 Å². The maximum absolute atomic E-state index is 12.9. The smallest absolute Gasteiger partial charge is 0.114 e. The zero-order valence-electron chi connectivity index (χ0n) is 8.39. The average molecular weight is 173 g/mol. The second-order valence-corrected chi connectivity index (χ2v) is 4.18. The number of rotatable bonds is 3. The summed E-state index contributed by atoms with van der Waals surface area (Å²) in [7, 11) is 2.03. The van der Waals surface area contributed by atoms with Crippen LogP contribution in [0.5, 0.6) is 0 Å². The lowest BCUT2D eigenvalue weighted by Crippen LogP contribution is -2.26. The van der Waals surface area contributed by atoms with Gasteiger partial charge in [0.05, 0.1) is 0 Å². The minimum Gasteiger partial charge on any atom is -0.300 e. The van der Waals surface area contributed by atoms with Crippen molar-refractivity contribution in [3.8, 4) is 0 Å². The van der Waals surface area contributed by atoms with Crippen molar-refractivity contribution in [2.24, 2.45) is 5.92 Å². The van der Waals surface area contributed by atoms with E-state index in [0.717, 1.165) is 18.8 Å². The van der Waals surface area contributed by atoms with Crippen LogP contribution < -0.4 is 0 Å². The van der Waals surface area contributed by atoms with Crippen LogP contribution in [-0.4, -0.2) is 30.7 Å². The Hall–Kier alpha value is -0.110. The monoisotopic (exact) mass is 173 g/mol. The summed E-state index contributed by atoms with van der Waals surface area (Å²) in [6.07, 6.45) is 2.54. The summed E-state index contributed by atoms with van der Waals surface area (Å²) in [6.45, 7) is 5.09. The van der Waals surface area contributed by atoms with Gasteiger partial charge < -0.3 is 4.90 Å². The molecule has 12 heavy (non-hydrogen) atoms. The maximum atomic E-state index is 12.9. The predicted octanol–water partition coefficient (Wildman–Crippen LogP) is 2.46. The molecule has 72 valence electrons. The van der Waals surface area contributed by atoms with E-state index in [1.54, 1.807) is 0 Å². The van der Waals surface area contributed by atoms with Crippen molar-refractivity contribution in [3.63, 3.8) is 0 Å². The molecule has 0 radical (unpaired) electrons. The Morgan fingerprint density at radius 2 is 2.25 bits per heavy atom. The SMILES string of the molecule is CCC(C)C[C@@H]1C[C@@H](F)CN1C. The third-order valence-electron chi connectivity index (χ3n) is 3.01. The van der Waals surface area contributed by atoms with E-state index in [1.165, 1.54) is 6.42 Å². The summed E-state index contributed by atoms with van der Waals surface area (Å²) < 4.78 is 12.9. The Balaban J connectivity index is 2.32. The molecule has 1 nitrogen and oxygen atoms in total. The van der Waals surface area contributed by atoms with Gasteiger partial charge in [-0.15, -0.1) is 0 Å². The molecule has 2 heteroatoms. The maximum Gasteiger partial charge on any atom is 0.114 e. The van der Waals surface area contributed by atoms with E-state index >= 15 is 0 Å². The summed E-state index contributed by atoms with van der Waals surface area (Å²) >= 11 is 0. The van der Waals surface area contributed by atoms with Crippen molar-refractivity contribution in [1.82, 2.24) is 4.90 Å². The number of halogens is 1. The standard InChI is InChI=1S/C10H20FN/c1-4-8(2)5-10-6-9(11)7-12(10)3/h8-10H,4-7H2,1-3H3/t8?,9-,10-/m1/s1. The van der Waals surface area contributed by atoms with E-state index in [-0.39, 0.29) is 0 Å². The van der Waals surface area contributed by atoms with Gasteiger partial charge in [-0.25, -0.2) is 4.39 Å². The van der Waals surface area contributed by atoms with Crippen LogP contribution >= 0.6 is 0 Å². The molecule has 1 aliphatic rings. The van der Waals surface area contributed by atoms with Gasteiger partial charge in [-0.05, 0) is 25.8 Å². The largest absolute Gasteiger partial charge is 0.300 e. The lowest BCUT2D eigenvalue weighted by atomic mass is 9.98. The first kappa shape index (κ1) is 9.97. The Labute approximate surface area is 74.9 Å². The molecule has 0 aromatic heterocycles. The number of likely N-dealkylation sites (tertiary alicyclic amines) is 1. The molecule has 0 spiro atoms. The van der Waals surface area contributed by atoms with Crippen LogP contribution in [0.4, 0.5) is 4.39 Å². The van der Waals surface area contributed by atoms with Crippen molar-refractivity contribution in [3.05, 3.63) is 0 Å². The number of nitrogens with zero attached hydrogens (tertiary/aromatic N) is 1. The highest BCUT2D eigenvalue weighted by atomic mass is 19.1. The van der Waals surface area contributed by atoms with Crippen molar-refractivity contribution in [2.45, 2.75) is 45.3 Å². The molecule has 0 aromatic rings. The fourth-order valence-corrected chi connectivity index (χ4v) is 1.92. The number of hydrogen-bond acceptors (Lipinski definition) is 1. The first-order chi connectivity index (χ1) is 5.63. The summed E-state index contributed by atoms with van der Waals surface area (Å²) in [4.78, 5) is 2.16. The Morgan fingerprint density at radius 1 is 1.58 bits per heavy atom. The lowest BCUT2D eigenvalue weighted by molar-refractivity contribution is 0.260. The Bertz CT molecular complexity index is 138. The first-order valence-electron chi connectivity index (χ1n) is 4.97. The van der Waals surface area contributed by atoms with E-state index in [4.69, 9.17) is 0 Å². The van der Waals surface area contributed by atoms with Crippen LogP contribution in [0.3, 0.4) is 0 Å². The summed E-state index contributed by atoms with van der Waals surface area (Å²) in [5.74, 6) is 0.739. The lowest BCUT2D eigenvalue weighted by Gasteiger charge is -2.21. The Kier molecular flexibility index (Phi) is 3.51. The van der Waals surface area contributed by atoms with Crippen molar-refractivity contribution in [1.29, 1.82) is 0 Å². The van der Waals surface area contributed by atoms with Crippen LogP contribution in [-0.2, 0) is 0 Å². The highest BCUT2D eigenvalue weighted by Crippen LogP contribution is 2.24. The van der Waals surface area contributed by atoms with E-state index in [0.29, 0.717) is 12.6 Å². The van der Waals surface area contributed by atoms with Gasteiger partial charge in [0.15, 0.2) is 0 Å². The van der Waals surface area contributed by atoms with E-state index < -0.39 is 6.17 Å². The minimum absolute atomic E-state index is 0.495. The van der Waals surface area contributed by atoms with Crippen molar-refractivity contribution in [2.75, 3.05) is 13.6 Å². The fraction of sp³-hybridized carbons (Fsp3) is 1.00. The quantitative estimate of drug-likeness (QED) is 0.633. The van der Waals surface area contributed by atoms with Gasteiger partial charge in [-0.1, -0.05) is 20.3 Å². The summed E-state index contributed by atoms with van der Waals surface area (Å²) in [6, 6.07) is 0.495. The molecule has 0 bridgehead atoms. The topological polar surface area (TPSA) is 3.24 Å². The molecular weight excluding hydrogens is 153 g/mol. The van der Waals surface area contributed by atoms with Crippen LogP contribution in [0.2, 0.25) is 0 Å².